The van der Waals surface area contributed by atoms with E-state index < -0.39 is 6.10 Å². The van der Waals surface area contributed by atoms with Crippen molar-refractivity contribution in [1.29, 1.82) is 0 Å². The van der Waals surface area contributed by atoms with Crippen molar-refractivity contribution < 1.29 is 14.7 Å². The van der Waals surface area contributed by atoms with Gasteiger partial charge in [-0.3, -0.25) is 9.69 Å². The maximum atomic E-state index is 12.5. The average Bonchev–Trinajstić information content (AvgIpc) is 2.72. The quantitative estimate of drug-likeness (QED) is 0.909. The molecule has 3 amide bonds. The van der Waals surface area contributed by atoms with E-state index in [-0.39, 0.29) is 30.4 Å². The molecule has 0 radical (unpaired) electrons. The number of urea groups is 1. The molecule has 0 spiro atoms. The number of carbonyl (C=O) groups is 2. The van der Waals surface area contributed by atoms with E-state index >= 15 is 0 Å². The summed E-state index contributed by atoms with van der Waals surface area (Å²) in [6.07, 6.45) is 0.669. The maximum absolute atomic E-state index is 12.5. The number of rotatable bonds is 5. The van der Waals surface area contributed by atoms with E-state index in [1.165, 1.54) is 4.90 Å². The lowest BCUT2D eigenvalue weighted by atomic mass is 9.99. The van der Waals surface area contributed by atoms with E-state index in [0.717, 1.165) is 12.0 Å². The summed E-state index contributed by atoms with van der Waals surface area (Å²) in [5.74, 6) is -0.309. The minimum Gasteiger partial charge on any atom is -0.393 e. The third-order valence-electron chi connectivity index (χ3n) is 4.30. The molecule has 120 valence electrons. The summed E-state index contributed by atoms with van der Waals surface area (Å²) in [7, 11) is 1.71. The van der Waals surface area contributed by atoms with Gasteiger partial charge in [0, 0.05) is 7.05 Å². The number of hydrogen-bond acceptors (Lipinski definition) is 3. The van der Waals surface area contributed by atoms with Crippen LogP contribution in [0.5, 0.6) is 0 Å². The fourth-order valence-electron chi connectivity index (χ4n) is 2.97. The van der Waals surface area contributed by atoms with Gasteiger partial charge in [-0.05, 0) is 18.9 Å². The number of amides is 3. The van der Waals surface area contributed by atoms with Crippen LogP contribution >= 0.6 is 0 Å². The molecule has 22 heavy (non-hydrogen) atoms. The smallest absolute Gasteiger partial charge is 0.327 e. The highest BCUT2D eigenvalue weighted by Crippen LogP contribution is 2.35. The second kappa shape index (κ2) is 6.92. The van der Waals surface area contributed by atoms with Crippen molar-refractivity contribution in [2.45, 2.75) is 51.3 Å². The van der Waals surface area contributed by atoms with Gasteiger partial charge in [-0.15, -0.1) is 0 Å². The van der Waals surface area contributed by atoms with E-state index in [2.05, 4.69) is 0 Å². The Morgan fingerprint density at radius 3 is 2.55 bits per heavy atom. The molecule has 1 aliphatic heterocycles. The van der Waals surface area contributed by atoms with Gasteiger partial charge in [-0.1, -0.05) is 43.7 Å². The van der Waals surface area contributed by atoms with Crippen LogP contribution in [0, 0.1) is 0 Å². The summed E-state index contributed by atoms with van der Waals surface area (Å²) in [6, 6.07) is 8.87. The van der Waals surface area contributed by atoms with Gasteiger partial charge < -0.3 is 10.0 Å². The van der Waals surface area contributed by atoms with Gasteiger partial charge in [0.2, 0.25) is 5.91 Å². The van der Waals surface area contributed by atoms with Crippen molar-refractivity contribution >= 4 is 11.9 Å². The molecule has 1 heterocycles. The lowest BCUT2D eigenvalue weighted by molar-refractivity contribution is -0.131. The standard InChI is InChI=1S/C17H24N2O3/c1-4-8-14(20)11-15(21)19-16(12(2)18(3)17(19)22)13-9-6-5-7-10-13/h5-7,9-10,12,14,16,20H,4,8,11H2,1-3H3/t12-,14+,16-/m0/s1. The largest absolute Gasteiger partial charge is 0.393 e. The number of nitrogens with zero attached hydrogens (tertiary/aromatic N) is 2. The normalized spacial score (nSPS) is 23.0. The van der Waals surface area contributed by atoms with Crippen LogP contribution in [0.2, 0.25) is 0 Å². The minimum atomic E-state index is -0.692. The summed E-state index contributed by atoms with van der Waals surface area (Å²) < 4.78 is 0. The molecule has 1 saturated heterocycles. The lowest BCUT2D eigenvalue weighted by Crippen LogP contribution is -2.38. The van der Waals surface area contributed by atoms with E-state index in [1.807, 2.05) is 44.2 Å². The topological polar surface area (TPSA) is 60.9 Å². The van der Waals surface area contributed by atoms with Crippen LogP contribution < -0.4 is 0 Å². The third kappa shape index (κ3) is 3.14. The monoisotopic (exact) mass is 304 g/mol. The van der Waals surface area contributed by atoms with Crippen molar-refractivity contribution in [3.05, 3.63) is 35.9 Å². The summed E-state index contributed by atoms with van der Waals surface area (Å²) in [4.78, 5) is 27.9. The Kier molecular flexibility index (Phi) is 5.19. The number of hydrogen-bond donors (Lipinski definition) is 1. The zero-order chi connectivity index (χ0) is 16.3. The lowest BCUT2D eigenvalue weighted by Gasteiger charge is -2.25. The predicted molar refractivity (Wildman–Crippen MR) is 84.2 cm³/mol. The molecule has 1 N–H and O–H groups in total. The van der Waals surface area contributed by atoms with Gasteiger partial charge in [0.1, 0.15) is 0 Å². The van der Waals surface area contributed by atoms with Crippen LogP contribution in [0.25, 0.3) is 0 Å². The molecule has 0 aliphatic carbocycles. The van der Waals surface area contributed by atoms with Gasteiger partial charge in [-0.2, -0.15) is 0 Å². The van der Waals surface area contributed by atoms with Crippen molar-refractivity contribution in [2.75, 3.05) is 7.05 Å². The van der Waals surface area contributed by atoms with Crippen LogP contribution in [0.15, 0.2) is 30.3 Å². The molecular formula is C17H24N2O3. The molecule has 3 atom stereocenters. The fourth-order valence-corrected chi connectivity index (χ4v) is 2.97. The van der Waals surface area contributed by atoms with Crippen LogP contribution in [-0.4, -0.2) is 46.0 Å². The number of imide groups is 1. The number of carbonyl (C=O) groups excluding carboxylic acids is 2. The second-order valence-corrected chi connectivity index (χ2v) is 5.90. The average molecular weight is 304 g/mol. The molecule has 1 aromatic carbocycles. The van der Waals surface area contributed by atoms with E-state index in [9.17, 15) is 14.7 Å². The van der Waals surface area contributed by atoms with Crippen LogP contribution in [0.1, 0.15) is 44.7 Å². The van der Waals surface area contributed by atoms with Crippen LogP contribution in [-0.2, 0) is 4.79 Å². The van der Waals surface area contributed by atoms with Crippen molar-refractivity contribution in [3.8, 4) is 0 Å². The Morgan fingerprint density at radius 2 is 1.95 bits per heavy atom. The van der Waals surface area contributed by atoms with Crippen molar-refractivity contribution in [2.24, 2.45) is 0 Å². The first-order chi connectivity index (χ1) is 10.5. The fraction of sp³-hybridized carbons (Fsp3) is 0.529. The molecule has 5 nitrogen and oxygen atoms in total. The first-order valence-corrected chi connectivity index (χ1v) is 7.79. The number of aliphatic hydroxyl groups is 1. The number of likely N-dealkylation sites (N-methyl/N-ethyl adjacent to an activating group) is 1. The van der Waals surface area contributed by atoms with Gasteiger partial charge in [0.25, 0.3) is 0 Å². The van der Waals surface area contributed by atoms with Gasteiger partial charge in [0.15, 0.2) is 0 Å². The summed E-state index contributed by atoms with van der Waals surface area (Å²) in [5.41, 5.74) is 0.936. The van der Waals surface area contributed by atoms with Crippen LogP contribution in [0.4, 0.5) is 4.79 Å². The highest BCUT2D eigenvalue weighted by molar-refractivity contribution is 5.97. The predicted octanol–water partition coefficient (Wildman–Crippen LogP) is 2.56. The number of aliphatic hydroxyl groups excluding tert-OH is 1. The maximum Gasteiger partial charge on any atom is 0.327 e. The highest BCUT2D eigenvalue weighted by Gasteiger charge is 2.45. The van der Waals surface area contributed by atoms with Crippen molar-refractivity contribution in [3.63, 3.8) is 0 Å². The zero-order valence-electron chi connectivity index (χ0n) is 13.4. The Hall–Kier alpha value is -1.88. The Balaban J connectivity index is 2.25. The van der Waals surface area contributed by atoms with Crippen molar-refractivity contribution in [1.82, 2.24) is 9.80 Å². The van der Waals surface area contributed by atoms with E-state index in [1.54, 1.807) is 11.9 Å². The SMILES string of the molecule is CCC[C@@H](O)CC(=O)N1C(=O)N(C)[C@@H](C)[C@H]1c1ccccc1. The molecule has 0 unspecified atom stereocenters. The van der Waals surface area contributed by atoms with E-state index in [0.29, 0.717) is 6.42 Å². The highest BCUT2D eigenvalue weighted by atomic mass is 16.3. The Labute approximate surface area is 131 Å². The molecule has 1 aliphatic rings. The summed E-state index contributed by atoms with van der Waals surface area (Å²) in [5, 5.41) is 9.88. The molecular weight excluding hydrogens is 280 g/mol. The second-order valence-electron chi connectivity index (χ2n) is 5.90. The Bertz CT molecular complexity index is 532. The summed E-state index contributed by atoms with van der Waals surface area (Å²) in [6.45, 7) is 3.89. The molecule has 1 fully saturated rings. The molecule has 0 bridgehead atoms. The number of benzene rings is 1. The first-order valence-electron chi connectivity index (χ1n) is 7.79. The molecule has 5 heteroatoms. The molecule has 0 aromatic heterocycles. The Morgan fingerprint density at radius 1 is 1.32 bits per heavy atom. The van der Waals surface area contributed by atoms with Gasteiger partial charge in [-0.25, -0.2) is 4.79 Å². The molecule has 1 aromatic rings. The molecule has 2 rings (SSSR count). The zero-order valence-corrected chi connectivity index (χ0v) is 13.4. The van der Waals surface area contributed by atoms with Gasteiger partial charge >= 0.3 is 6.03 Å². The van der Waals surface area contributed by atoms with Gasteiger partial charge in [0.05, 0.1) is 24.6 Å². The van der Waals surface area contributed by atoms with E-state index in [4.69, 9.17) is 0 Å². The summed E-state index contributed by atoms with van der Waals surface area (Å²) >= 11 is 0. The minimum absolute atomic E-state index is 0.0104. The third-order valence-corrected chi connectivity index (χ3v) is 4.30. The van der Waals surface area contributed by atoms with Crippen LogP contribution in [0.3, 0.4) is 0 Å². The molecule has 0 saturated carbocycles. The first kappa shape index (κ1) is 16.5.